The summed E-state index contributed by atoms with van der Waals surface area (Å²) in [4.78, 5) is 7.16. The monoisotopic (exact) mass is 524 g/mol. The highest BCUT2D eigenvalue weighted by Crippen LogP contribution is 2.30. The van der Waals surface area contributed by atoms with Crippen LogP contribution in [-0.2, 0) is 17.9 Å². The highest BCUT2D eigenvalue weighted by molar-refractivity contribution is 14.0. The number of anilines is 1. The Morgan fingerprint density at radius 2 is 1.93 bits per heavy atom. The van der Waals surface area contributed by atoms with Crippen molar-refractivity contribution in [2.75, 3.05) is 38.8 Å². The summed E-state index contributed by atoms with van der Waals surface area (Å²) >= 11 is 0. The molecule has 0 saturated carbocycles. The average Bonchev–Trinajstić information content (AvgIpc) is 3.21. The van der Waals surface area contributed by atoms with Gasteiger partial charge >= 0.3 is 0 Å². The molecule has 0 aromatic heterocycles. The van der Waals surface area contributed by atoms with Crippen LogP contribution in [0.1, 0.15) is 24.5 Å². The molecule has 0 radical (unpaired) electrons. The van der Waals surface area contributed by atoms with Gasteiger partial charge in [-0.1, -0.05) is 36.4 Å². The largest absolute Gasteiger partial charge is 0.495 e. The molecule has 1 saturated heterocycles. The van der Waals surface area contributed by atoms with Gasteiger partial charge in [0.1, 0.15) is 5.75 Å². The lowest BCUT2D eigenvalue weighted by Gasteiger charge is -2.22. The molecule has 7 heteroatoms. The highest BCUT2D eigenvalue weighted by Gasteiger charge is 2.25. The molecule has 1 atom stereocenters. The maximum Gasteiger partial charge on any atom is 0.191 e. The van der Waals surface area contributed by atoms with E-state index in [0.29, 0.717) is 19.2 Å². The summed E-state index contributed by atoms with van der Waals surface area (Å²) in [7, 11) is 3.44. The highest BCUT2D eigenvalue weighted by atomic mass is 127. The quantitative estimate of drug-likeness (QED) is 0.313. The van der Waals surface area contributed by atoms with Crippen LogP contribution in [0.4, 0.5) is 5.69 Å². The van der Waals surface area contributed by atoms with Gasteiger partial charge in [-0.05, 0) is 36.6 Å². The lowest BCUT2D eigenvalue weighted by molar-refractivity contribution is 0.185. The molecule has 0 bridgehead atoms. The van der Waals surface area contributed by atoms with Crippen molar-refractivity contribution in [3.8, 4) is 5.75 Å². The minimum atomic E-state index is 0. The van der Waals surface area contributed by atoms with Gasteiger partial charge in [-0.25, -0.2) is 4.99 Å². The fraction of sp³-hybridized carbons (Fsp3) is 0.435. The second-order valence-electron chi connectivity index (χ2n) is 7.20. The fourth-order valence-electron chi connectivity index (χ4n) is 3.66. The maximum atomic E-state index is 5.52. The minimum Gasteiger partial charge on any atom is -0.495 e. The number of aliphatic imine (C=N–C) groups is 1. The molecule has 0 amide bonds. The third-order valence-corrected chi connectivity index (χ3v) is 5.02. The van der Waals surface area contributed by atoms with E-state index in [2.05, 4.69) is 58.9 Å². The Morgan fingerprint density at radius 1 is 1.13 bits per heavy atom. The van der Waals surface area contributed by atoms with Gasteiger partial charge in [-0.3, -0.25) is 0 Å². The Kier molecular flexibility index (Phi) is 10.2. The van der Waals surface area contributed by atoms with Gasteiger partial charge in [-0.2, -0.15) is 0 Å². The van der Waals surface area contributed by atoms with Crippen LogP contribution < -0.4 is 20.3 Å². The van der Waals surface area contributed by atoms with Crippen LogP contribution in [0.3, 0.4) is 0 Å². The molecule has 0 spiro atoms. The van der Waals surface area contributed by atoms with Gasteiger partial charge in [0.05, 0.1) is 25.9 Å². The van der Waals surface area contributed by atoms with Gasteiger partial charge < -0.3 is 25.0 Å². The van der Waals surface area contributed by atoms with Crippen molar-refractivity contribution < 1.29 is 9.47 Å². The van der Waals surface area contributed by atoms with Crippen molar-refractivity contribution in [1.82, 2.24) is 10.6 Å². The van der Waals surface area contributed by atoms with E-state index in [-0.39, 0.29) is 24.0 Å². The van der Waals surface area contributed by atoms with Crippen molar-refractivity contribution in [2.24, 2.45) is 4.99 Å². The summed E-state index contributed by atoms with van der Waals surface area (Å²) in [6.07, 6.45) is 1.06. The van der Waals surface area contributed by atoms with Crippen molar-refractivity contribution in [3.05, 3.63) is 59.7 Å². The number of hydrogen-bond donors (Lipinski definition) is 2. The molecular weight excluding hydrogens is 491 g/mol. The van der Waals surface area contributed by atoms with E-state index in [1.54, 1.807) is 14.2 Å². The average molecular weight is 524 g/mol. The molecule has 164 valence electrons. The van der Waals surface area contributed by atoms with Gasteiger partial charge in [0.25, 0.3) is 0 Å². The van der Waals surface area contributed by atoms with E-state index < -0.39 is 0 Å². The molecule has 2 aromatic carbocycles. The van der Waals surface area contributed by atoms with Gasteiger partial charge in [0.15, 0.2) is 5.96 Å². The second kappa shape index (κ2) is 12.6. The Labute approximate surface area is 197 Å². The molecule has 1 unspecified atom stereocenters. The summed E-state index contributed by atoms with van der Waals surface area (Å²) in [6.45, 7) is 6.10. The number of nitrogens with zero attached hydrogens (tertiary/aromatic N) is 2. The minimum absolute atomic E-state index is 0. The van der Waals surface area contributed by atoms with Crippen LogP contribution in [-0.4, -0.2) is 45.9 Å². The lowest BCUT2D eigenvalue weighted by Crippen LogP contribution is -2.44. The summed E-state index contributed by atoms with van der Waals surface area (Å²) in [5.74, 6) is 1.78. The Bertz CT molecular complexity index is 815. The Hall–Kier alpha value is -2.00. The smallest absolute Gasteiger partial charge is 0.191 e. The first-order chi connectivity index (χ1) is 14.2. The van der Waals surface area contributed by atoms with Crippen molar-refractivity contribution in [3.63, 3.8) is 0 Å². The van der Waals surface area contributed by atoms with Crippen molar-refractivity contribution in [1.29, 1.82) is 0 Å². The topological polar surface area (TPSA) is 58.1 Å². The standard InChI is InChI=1S/C23H32N4O2.HI/c1-4-24-23(25-15-18-8-7-9-19(14-18)17-28-2)26-20-12-13-27(16-20)21-10-5-6-11-22(21)29-3;/h5-11,14,20H,4,12-13,15-17H2,1-3H3,(H2,24,25,26);1H. The number of methoxy groups -OCH3 is 2. The van der Waals surface area contributed by atoms with Crippen LogP contribution in [0.25, 0.3) is 0 Å². The first-order valence-corrected chi connectivity index (χ1v) is 10.2. The van der Waals surface area contributed by atoms with Gasteiger partial charge in [-0.15, -0.1) is 24.0 Å². The SMILES string of the molecule is CCNC(=NCc1cccc(COC)c1)NC1CCN(c2ccccc2OC)C1.I. The lowest BCUT2D eigenvalue weighted by atomic mass is 10.1. The van der Waals surface area contributed by atoms with Gasteiger partial charge in [0, 0.05) is 32.8 Å². The predicted octanol–water partition coefficient (Wildman–Crippen LogP) is 3.79. The van der Waals surface area contributed by atoms with Crippen LogP contribution in [0.2, 0.25) is 0 Å². The van der Waals surface area contributed by atoms with Crippen LogP contribution in [0.15, 0.2) is 53.5 Å². The summed E-state index contributed by atoms with van der Waals surface area (Å²) in [5.41, 5.74) is 3.50. The summed E-state index contributed by atoms with van der Waals surface area (Å²) in [6, 6.07) is 16.9. The third-order valence-electron chi connectivity index (χ3n) is 5.02. The molecule has 1 heterocycles. The molecule has 6 nitrogen and oxygen atoms in total. The third kappa shape index (κ3) is 6.77. The van der Waals surface area contributed by atoms with Crippen molar-refractivity contribution >= 4 is 35.6 Å². The van der Waals surface area contributed by atoms with E-state index in [9.17, 15) is 0 Å². The fourth-order valence-corrected chi connectivity index (χ4v) is 3.66. The molecule has 1 aliphatic rings. The van der Waals surface area contributed by atoms with E-state index in [4.69, 9.17) is 14.5 Å². The summed E-state index contributed by atoms with van der Waals surface area (Å²) < 4.78 is 10.7. The van der Waals surface area contributed by atoms with E-state index in [1.165, 1.54) is 11.1 Å². The number of nitrogens with one attached hydrogen (secondary N) is 2. The normalized spacial score (nSPS) is 16.2. The molecule has 1 aliphatic heterocycles. The molecule has 30 heavy (non-hydrogen) atoms. The zero-order valence-electron chi connectivity index (χ0n) is 18.1. The number of rotatable bonds is 8. The molecule has 2 N–H and O–H groups in total. The van der Waals surface area contributed by atoms with E-state index in [1.807, 2.05) is 12.1 Å². The van der Waals surface area contributed by atoms with Crippen molar-refractivity contribution in [2.45, 2.75) is 32.5 Å². The number of benzene rings is 2. The van der Waals surface area contributed by atoms with Crippen LogP contribution in [0, 0.1) is 0 Å². The zero-order valence-corrected chi connectivity index (χ0v) is 20.4. The van der Waals surface area contributed by atoms with Gasteiger partial charge in [0.2, 0.25) is 0 Å². The van der Waals surface area contributed by atoms with E-state index in [0.717, 1.165) is 43.5 Å². The molecule has 0 aliphatic carbocycles. The molecular formula is C23H33IN4O2. The van der Waals surface area contributed by atoms with Crippen LogP contribution in [0.5, 0.6) is 5.75 Å². The predicted molar refractivity (Wildman–Crippen MR) is 134 cm³/mol. The molecule has 3 rings (SSSR count). The number of halogens is 1. The number of hydrogen-bond acceptors (Lipinski definition) is 4. The maximum absolute atomic E-state index is 5.52. The summed E-state index contributed by atoms with van der Waals surface area (Å²) in [5, 5.41) is 6.96. The van der Waals surface area contributed by atoms with Crippen LogP contribution >= 0.6 is 24.0 Å². The first-order valence-electron chi connectivity index (χ1n) is 10.2. The molecule has 2 aromatic rings. The first kappa shape index (κ1) is 24.3. The number of ether oxygens (including phenoxy) is 2. The number of para-hydroxylation sites is 2. The Morgan fingerprint density at radius 3 is 2.70 bits per heavy atom. The Balaban J connectivity index is 0.00000320. The van der Waals surface area contributed by atoms with E-state index >= 15 is 0 Å². The zero-order chi connectivity index (χ0) is 20.5. The number of guanidine groups is 1. The molecule has 1 fully saturated rings. The second-order valence-corrected chi connectivity index (χ2v) is 7.20.